The van der Waals surface area contributed by atoms with Crippen LogP contribution in [0.5, 0.6) is 11.5 Å². The minimum atomic E-state index is -0.555. The van der Waals surface area contributed by atoms with Gasteiger partial charge < -0.3 is 14.2 Å². The summed E-state index contributed by atoms with van der Waals surface area (Å²) >= 11 is 3.32. The Labute approximate surface area is 189 Å². The number of benzene rings is 2. The molecule has 2 aromatic rings. The smallest absolute Gasteiger partial charge is 0.338 e. The summed E-state index contributed by atoms with van der Waals surface area (Å²) < 4.78 is 16.7. The second-order valence-corrected chi connectivity index (χ2v) is 7.67. The van der Waals surface area contributed by atoms with Crippen LogP contribution < -0.4 is 20.3 Å². The number of nitrogens with one attached hydrogen (secondary N) is 2. The summed E-state index contributed by atoms with van der Waals surface area (Å²) in [5, 5.41) is 0. The SMILES string of the molecule is CCCOC(=O)c1ccc(OCC(=O)NNC(=O)c2cc(Br)ccc2OC(C)C)cc1. The molecule has 2 N–H and O–H groups in total. The highest BCUT2D eigenvalue weighted by atomic mass is 79.9. The molecular weight excluding hydrogens is 468 g/mol. The lowest BCUT2D eigenvalue weighted by atomic mass is 10.2. The molecule has 0 aromatic heterocycles. The van der Waals surface area contributed by atoms with E-state index < -0.39 is 17.8 Å². The van der Waals surface area contributed by atoms with Crippen LogP contribution in [-0.2, 0) is 9.53 Å². The number of hydrogen-bond acceptors (Lipinski definition) is 6. The molecule has 166 valence electrons. The number of hydrazine groups is 1. The van der Waals surface area contributed by atoms with Gasteiger partial charge in [0.1, 0.15) is 11.5 Å². The first-order valence-electron chi connectivity index (χ1n) is 9.75. The van der Waals surface area contributed by atoms with Crippen LogP contribution in [0.25, 0.3) is 0 Å². The Bertz CT molecular complexity index is 915. The summed E-state index contributed by atoms with van der Waals surface area (Å²) in [6.45, 7) is 5.64. The number of carbonyl (C=O) groups is 3. The fourth-order valence-corrected chi connectivity index (χ4v) is 2.74. The number of halogens is 1. The Morgan fingerprint density at radius 2 is 1.74 bits per heavy atom. The van der Waals surface area contributed by atoms with Gasteiger partial charge in [0.15, 0.2) is 6.61 Å². The maximum Gasteiger partial charge on any atom is 0.338 e. The largest absolute Gasteiger partial charge is 0.490 e. The average Bonchev–Trinajstić information content (AvgIpc) is 2.75. The Morgan fingerprint density at radius 3 is 2.39 bits per heavy atom. The van der Waals surface area contributed by atoms with Gasteiger partial charge in [-0.25, -0.2) is 4.79 Å². The molecular formula is C22H25BrN2O6. The fourth-order valence-electron chi connectivity index (χ4n) is 2.38. The summed E-state index contributed by atoms with van der Waals surface area (Å²) in [7, 11) is 0. The second kappa shape index (κ2) is 11.9. The van der Waals surface area contributed by atoms with Crippen LogP contribution >= 0.6 is 15.9 Å². The first-order chi connectivity index (χ1) is 14.8. The molecule has 0 saturated heterocycles. The molecule has 8 nitrogen and oxygen atoms in total. The zero-order valence-electron chi connectivity index (χ0n) is 17.6. The molecule has 0 heterocycles. The molecule has 0 saturated carbocycles. The van der Waals surface area contributed by atoms with Crippen LogP contribution in [0.1, 0.15) is 47.9 Å². The van der Waals surface area contributed by atoms with Crippen molar-refractivity contribution in [1.82, 2.24) is 10.9 Å². The van der Waals surface area contributed by atoms with E-state index in [-0.39, 0.29) is 18.3 Å². The lowest BCUT2D eigenvalue weighted by Gasteiger charge is -2.15. The molecule has 0 aliphatic rings. The van der Waals surface area contributed by atoms with Crippen molar-refractivity contribution in [1.29, 1.82) is 0 Å². The van der Waals surface area contributed by atoms with Gasteiger partial charge in [0.05, 0.1) is 23.8 Å². The molecule has 9 heteroatoms. The molecule has 0 bridgehead atoms. The van der Waals surface area contributed by atoms with Crippen LogP contribution in [-0.4, -0.2) is 37.1 Å². The Balaban J connectivity index is 1.85. The lowest BCUT2D eigenvalue weighted by molar-refractivity contribution is -0.123. The third kappa shape index (κ3) is 7.93. The van der Waals surface area contributed by atoms with Gasteiger partial charge in [-0.1, -0.05) is 22.9 Å². The number of esters is 1. The molecule has 0 aliphatic heterocycles. The van der Waals surface area contributed by atoms with E-state index in [9.17, 15) is 14.4 Å². The van der Waals surface area contributed by atoms with Crippen molar-refractivity contribution in [3.8, 4) is 11.5 Å². The number of hydrogen-bond donors (Lipinski definition) is 2. The van der Waals surface area contributed by atoms with Gasteiger partial charge in [-0.15, -0.1) is 0 Å². The Kier molecular flexibility index (Phi) is 9.33. The van der Waals surface area contributed by atoms with E-state index in [1.54, 1.807) is 42.5 Å². The van der Waals surface area contributed by atoms with Crippen LogP contribution in [0.4, 0.5) is 0 Å². The van der Waals surface area contributed by atoms with Crippen molar-refractivity contribution in [2.45, 2.75) is 33.3 Å². The van der Waals surface area contributed by atoms with E-state index in [2.05, 4.69) is 26.8 Å². The third-order valence-corrected chi connectivity index (χ3v) is 4.25. The third-order valence-electron chi connectivity index (χ3n) is 3.76. The number of carbonyl (C=O) groups excluding carboxylic acids is 3. The maximum atomic E-state index is 12.4. The first kappa shape index (κ1) is 24.2. The highest BCUT2D eigenvalue weighted by Crippen LogP contribution is 2.24. The van der Waals surface area contributed by atoms with Crippen LogP contribution in [0.15, 0.2) is 46.9 Å². The van der Waals surface area contributed by atoms with Crippen molar-refractivity contribution < 1.29 is 28.6 Å². The highest BCUT2D eigenvalue weighted by molar-refractivity contribution is 9.10. The zero-order valence-corrected chi connectivity index (χ0v) is 19.2. The Hall–Kier alpha value is -3.07. The van der Waals surface area contributed by atoms with Gasteiger partial charge in [0.2, 0.25) is 0 Å². The second-order valence-electron chi connectivity index (χ2n) is 6.76. The Morgan fingerprint density at radius 1 is 1.03 bits per heavy atom. The molecule has 31 heavy (non-hydrogen) atoms. The summed E-state index contributed by atoms with van der Waals surface area (Å²) in [5.41, 5.74) is 5.30. The maximum absolute atomic E-state index is 12.4. The number of ether oxygens (including phenoxy) is 3. The van der Waals surface area contributed by atoms with Gasteiger partial charge in [-0.05, 0) is 62.7 Å². The van der Waals surface area contributed by atoms with E-state index >= 15 is 0 Å². The highest BCUT2D eigenvalue weighted by Gasteiger charge is 2.15. The fraction of sp³-hybridized carbons (Fsp3) is 0.318. The molecule has 0 atom stereocenters. The minimum Gasteiger partial charge on any atom is -0.490 e. The monoisotopic (exact) mass is 492 g/mol. The topological polar surface area (TPSA) is 103 Å². The molecule has 0 radical (unpaired) electrons. The van der Waals surface area contributed by atoms with Gasteiger partial charge in [0.25, 0.3) is 11.8 Å². The van der Waals surface area contributed by atoms with Crippen molar-refractivity contribution in [2.24, 2.45) is 0 Å². The van der Waals surface area contributed by atoms with Gasteiger partial charge in [0, 0.05) is 4.47 Å². The van der Waals surface area contributed by atoms with E-state index in [4.69, 9.17) is 14.2 Å². The van der Waals surface area contributed by atoms with Gasteiger partial charge in [-0.3, -0.25) is 20.4 Å². The van der Waals surface area contributed by atoms with E-state index in [1.807, 2.05) is 20.8 Å². The molecule has 0 unspecified atom stereocenters. The summed E-state index contributed by atoms with van der Waals surface area (Å²) in [6, 6.07) is 11.3. The summed E-state index contributed by atoms with van der Waals surface area (Å²) in [5.74, 6) is -0.699. The molecule has 0 fully saturated rings. The molecule has 2 rings (SSSR count). The normalized spacial score (nSPS) is 10.4. The van der Waals surface area contributed by atoms with Gasteiger partial charge in [-0.2, -0.15) is 0 Å². The van der Waals surface area contributed by atoms with Gasteiger partial charge >= 0.3 is 5.97 Å². The standard InChI is InChI=1S/C22H25BrN2O6/c1-4-11-29-22(28)15-5-8-17(9-6-15)30-13-20(26)24-25-21(27)18-12-16(23)7-10-19(18)31-14(2)3/h5-10,12,14H,4,11,13H2,1-3H3,(H,24,26)(H,25,27). The van der Waals surface area contributed by atoms with E-state index in [1.165, 1.54) is 0 Å². The molecule has 2 aromatic carbocycles. The van der Waals surface area contributed by atoms with E-state index in [0.717, 1.165) is 6.42 Å². The molecule has 2 amide bonds. The van der Waals surface area contributed by atoms with Crippen molar-refractivity contribution >= 4 is 33.7 Å². The minimum absolute atomic E-state index is 0.115. The quantitative estimate of drug-likeness (QED) is 0.409. The number of rotatable bonds is 9. The first-order valence-corrected chi connectivity index (χ1v) is 10.5. The van der Waals surface area contributed by atoms with Crippen LogP contribution in [0, 0.1) is 0 Å². The predicted molar refractivity (Wildman–Crippen MR) is 118 cm³/mol. The summed E-state index contributed by atoms with van der Waals surface area (Å²) in [4.78, 5) is 36.2. The summed E-state index contributed by atoms with van der Waals surface area (Å²) in [6.07, 6.45) is 0.627. The average molecular weight is 493 g/mol. The van der Waals surface area contributed by atoms with E-state index in [0.29, 0.717) is 28.1 Å². The van der Waals surface area contributed by atoms with Crippen molar-refractivity contribution in [2.75, 3.05) is 13.2 Å². The van der Waals surface area contributed by atoms with Crippen LogP contribution in [0.2, 0.25) is 0 Å². The zero-order chi connectivity index (χ0) is 22.8. The predicted octanol–water partition coefficient (Wildman–Crippen LogP) is 3.64. The lowest BCUT2D eigenvalue weighted by Crippen LogP contribution is -2.44. The molecule has 0 spiro atoms. The van der Waals surface area contributed by atoms with Crippen molar-refractivity contribution in [3.05, 3.63) is 58.1 Å². The molecule has 0 aliphatic carbocycles. The number of amides is 2. The van der Waals surface area contributed by atoms with Crippen molar-refractivity contribution in [3.63, 3.8) is 0 Å². The van der Waals surface area contributed by atoms with Crippen LogP contribution in [0.3, 0.4) is 0 Å².